The van der Waals surface area contributed by atoms with Gasteiger partial charge in [0.2, 0.25) is 17.7 Å². The summed E-state index contributed by atoms with van der Waals surface area (Å²) in [7, 11) is 1.49. The topological polar surface area (TPSA) is 120 Å². The first kappa shape index (κ1) is 32.5. The second-order valence-corrected chi connectivity index (χ2v) is 9.92. The Kier molecular flexibility index (Phi) is 13.9. The Labute approximate surface area is 238 Å². The molecule has 4 N–H and O–H groups in total. The fourth-order valence-corrected chi connectivity index (χ4v) is 4.20. The minimum absolute atomic E-state index is 0.00995. The summed E-state index contributed by atoms with van der Waals surface area (Å²) in [5, 5.41) is 18.7. The number of ether oxygens (including phenoxy) is 1. The lowest BCUT2D eigenvalue weighted by Gasteiger charge is -2.34. The number of hydrogen-bond acceptors (Lipinski definition) is 6. The van der Waals surface area contributed by atoms with Crippen LogP contribution >= 0.6 is 0 Å². The normalized spacial score (nSPS) is 21.6. The van der Waals surface area contributed by atoms with Crippen molar-refractivity contribution in [1.29, 1.82) is 0 Å². The van der Waals surface area contributed by atoms with E-state index in [4.69, 9.17) is 4.74 Å². The Hall–Kier alpha value is -3.69. The summed E-state index contributed by atoms with van der Waals surface area (Å²) in [5.74, 6) is -0.583. The van der Waals surface area contributed by atoms with Crippen LogP contribution in [0.3, 0.4) is 0 Å². The Morgan fingerprint density at radius 1 is 1.02 bits per heavy atom. The minimum Gasteiger partial charge on any atom is -0.492 e. The number of likely N-dealkylation sites (N-methyl/N-ethyl adjacent to an activating group) is 1. The lowest BCUT2D eigenvalue weighted by Crippen LogP contribution is -2.59. The van der Waals surface area contributed by atoms with Crippen LogP contribution in [0.5, 0.6) is 5.75 Å². The number of rotatable bonds is 3. The number of benzene rings is 2. The number of carbonyl (C=O) groups excluding carboxylic acids is 3. The van der Waals surface area contributed by atoms with Gasteiger partial charge in [-0.15, -0.1) is 0 Å². The molecule has 1 aliphatic rings. The number of amides is 3. The van der Waals surface area contributed by atoms with Crippen LogP contribution < -0.4 is 20.7 Å². The summed E-state index contributed by atoms with van der Waals surface area (Å²) in [6.45, 7) is 8.26. The van der Waals surface area contributed by atoms with Crippen molar-refractivity contribution in [3.63, 3.8) is 0 Å². The summed E-state index contributed by atoms with van der Waals surface area (Å²) in [5.41, 5.74) is 2.19. The molecule has 0 saturated heterocycles. The van der Waals surface area contributed by atoms with Crippen LogP contribution in [0.2, 0.25) is 0 Å². The zero-order chi connectivity index (χ0) is 29.5. The molecule has 0 saturated carbocycles. The largest absolute Gasteiger partial charge is 0.492 e. The second-order valence-electron chi connectivity index (χ2n) is 9.92. The van der Waals surface area contributed by atoms with Gasteiger partial charge in [0.1, 0.15) is 18.4 Å². The highest BCUT2D eigenvalue weighted by Gasteiger charge is 2.35. The summed E-state index contributed by atoms with van der Waals surface area (Å²) in [4.78, 5) is 39.4. The zero-order valence-electron chi connectivity index (χ0n) is 24.2. The molecule has 40 heavy (non-hydrogen) atoms. The van der Waals surface area contributed by atoms with E-state index in [1.54, 1.807) is 6.08 Å². The Morgan fingerprint density at radius 2 is 1.70 bits per heavy atom. The molecule has 1 heterocycles. The third-order valence-electron chi connectivity index (χ3n) is 6.69. The van der Waals surface area contributed by atoms with Crippen molar-refractivity contribution in [1.82, 2.24) is 20.9 Å². The predicted octanol–water partition coefficient (Wildman–Crippen LogP) is 2.53. The number of aliphatic hydroxyl groups excluding tert-OH is 1. The lowest BCUT2D eigenvalue weighted by atomic mass is 9.96. The number of hydrogen-bond donors (Lipinski definition) is 4. The molecule has 3 amide bonds. The molecule has 4 atom stereocenters. The number of aryl methyl sites for hydroxylation is 1. The van der Waals surface area contributed by atoms with Crippen molar-refractivity contribution < 1.29 is 24.2 Å². The van der Waals surface area contributed by atoms with Crippen LogP contribution in [0.25, 0.3) is 6.08 Å². The molecule has 0 fully saturated rings. The van der Waals surface area contributed by atoms with Gasteiger partial charge in [0.05, 0.1) is 18.7 Å². The number of nitrogens with one attached hydrogen (secondary N) is 3. The van der Waals surface area contributed by atoms with Gasteiger partial charge in [-0.25, -0.2) is 0 Å². The average molecular weight is 553 g/mol. The molecule has 4 unspecified atom stereocenters. The third kappa shape index (κ3) is 10.5. The van der Waals surface area contributed by atoms with Crippen molar-refractivity contribution in [3.05, 3.63) is 71.8 Å². The van der Waals surface area contributed by atoms with Crippen LogP contribution in [0, 0.1) is 12.8 Å². The monoisotopic (exact) mass is 552 g/mol. The zero-order valence-corrected chi connectivity index (χ0v) is 24.2. The van der Waals surface area contributed by atoms with E-state index in [0.29, 0.717) is 18.9 Å². The molecule has 0 aliphatic carbocycles. The highest BCUT2D eigenvalue weighted by molar-refractivity contribution is 5.92. The molecule has 2 aromatic carbocycles. The molecule has 9 nitrogen and oxygen atoms in total. The first-order valence-electron chi connectivity index (χ1n) is 13.8. The maximum absolute atomic E-state index is 13.3. The van der Waals surface area contributed by atoms with Crippen molar-refractivity contribution in [3.8, 4) is 5.75 Å². The molecule has 0 radical (unpaired) electrons. The summed E-state index contributed by atoms with van der Waals surface area (Å²) in [6, 6.07) is 16.1. The molecule has 1 aliphatic heterocycles. The average Bonchev–Trinajstić information content (AvgIpc) is 2.94. The van der Waals surface area contributed by atoms with Crippen molar-refractivity contribution >= 4 is 23.8 Å². The van der Waals surface area contributed by atoms with E-state index in [1.165, 1.54) is 24.4 Å². The van der Waals surface area contributed by atoms with Crippen LogP contribution in [0.1, 0.15) is 38.3 Å². The van der Waals surface area contributed by atoms with Crippen molar-refractivity contribution in [2.24, 2.45) is 5.92 Å². The van der Waals surface area contributed by atoms with Gasteiger partial charge in [-0.2, -0.15) is 0 Å². The van der Waals surface area contributed by atoms with Crippen LogP contribution in [0.15, 0.2) is 60.7 Å². The summed E-state index contributed by atoms with van der Waals surface area (Å²) >= 11 is 0. The number of carbonyl (C=O) groups is 3. The Balaban J connectivity index is 0.000000693. The van der Waals surface area contributed by atoms with Crippen LogP contribution in [-0.4, -0.2) is 79.2 Å². The van der Waals surface area contributed by atoms with E-state index in [-0.39, 0.29) is 30.8 Å². The standard InChI is InChI=1S/C24H36N4O5.C7H8/c1-5-16(2)21-24(32)28(4)22(17(3)29)23(31)27-15-20(30)25-12-8-10-18-9-6-7-11-19(18)33-14-13-26-21;1-7-5-3-2-4-6-7/h6-11,16-17,21-22,26,29H,5,12-15H2,1-4H3,(H,25,30)(H,27,31);2-6H,1H3/b10-8+;. The molecular weight excluding hydrogens is 508 g/mol. The van der Waals surface area contributed by atoms with Gasteiger partial charge in [-0.1, -0.05) is 86.5 Å². The van der Waals surface area contributed by atoms with Gasteiger partial charge in [-0.3, -0.25) is 14.4 Å². The van der Waals surface area contributed by atoms with Gasteiger partial charge in [0.25, 0.3) is 0 Å². The van der Waals surface area contributed by atoms with E-state index >= 15 is 0 Å². The predicted molar refractivity (Wildman–Crippen MR) is 158 cm³/mol. The molecule has 2 aromatic rings. The van der Waals surface area contributed by atoms with Gasteiger partial charge in [0.15, 0.2) is 0 Å². The fraction of sp³-hybridized carbons (Fsp3) is 0.452. The number of fused-ring (bicyclic) bond motifs is 1. The second kappa shape index (κ2) is 17.1. The highest BCUT2D eigenvalue weighted by Crippen LogP contribution is 2.19. The molecule has 3 rings (SSSR count). The fourth-order valence-electron chi connectivity index (χ4n) is 4.20. The molecule has 9 heteroatoms. The smallest absolute Gasteiger partial charge is 0.245 e. The summed E-state index contributed by atoms with van der Waals surface area (Å²) in [6.07, 6.45) is 3.28. The highest BCUT2D eigenvalue weighted by atomic mass is 16.5. The van der Waals surface area contributed by atoms with E-state index in [2.05, 4.69) is 35.0 Å². The maximum atomic E-state index is 13.3. The van der Waals surface area contributed by atoms with Gasteiger partial charge >= 0.3 is 0 Å². The Bertz CT molecular complexity index is 1110. The van der Waals surface area contributed by atoms with E-state index in [0.717, 1.165) is 12.0 Å². The molecule has 218 valence electrons. The maximum Gasteiger partial charge on any atom is 0.245 e. The first-order chi connectivity index (χ1) is 19.1. The number of nitrogens with zero attached hydrogens (tertiary/aromatic N) is 1. The first-order valence-corrected chi connectivity index (χ1v) is 13.8. The number of aliphatic hydroxyl groups is 1. The van der Waals surface area contributed by atoms with Crippen molar-refractivity contribution in [2.75, 3.05) is 33.3 Å². The molecule has 0 aromatic heterocycles. The van der Waals surface area contributed by atoms with Crippen LogP contribution in [0.4, 0.5) is 0 Å². The lowest BCUT2D eigenvalue weighted by molar-refractivity contribution is -0.145. The van der Waals surface area contributed by atoms with Crippen LogP contribution in [-0.2, 0) is 14.4 Å². The van der Waals surface area contributed by atoms with Gasteiger partial charge < -0.3 is 30.7 Å². The summed E-state index contributed by atoms with van der Waals surface area (Å²) < 4.78 is 5.92. The molecular formula is C31H44N4O5. The quantitative estimate of drug-likeness (QED) is 0.465. The molecule has 0 spiro atoms. The van der Waals surface area contributed by atoms with Crippen molar-refractivity contribution in [2.45, 2.75) is 52.3 Å². The minimum atomic E-state index is -1.12. The Morgan fingerprint density at radius 3 is 2.33 bits per heavy atom. The SMILES string of the molecule is CCC(C)C1NCCOc2ccccc2/C=C/CNC(=O)CNC(=O)C(C(C)O)N(C)C1=O.Cc1ccccc1. The van der Waals surface area contributed by atoms with E-state index < -0.39 is 24.1 Å². The third-order valence-corrected chi connectivity index (χ3v) is 6.69. The van der Waals surface area contributed by atoms with Gasteiger partial charge in [0, 0.05) is 25.7 Å². The van der Waals surface area contributed by atoms with Gasteiger partial charge in [-0.05, 0) is 25.8 Å². The van der Waals surface area contributed by atoms with E-state index in [1.807, 2.05) is 62.4 Å². The van der Waals surface area contributed by atoms with E-state index in [9.17, 15) is 19.5 Å². The number of para-hydroxylation sites is 1. The molecule has 0 bridgehead atoms.